The van der Waals surface area contributed by atoms with Gasteiger partial charge in [-0.3, -0.25) is 0 Å². The molecular formula is C15H20F3NO2. The normalized spacial score (nSPS) is 16.8. The van der Waals surface area contributed by atoms with E-state index in [4.69, 9.17) is 9.47 Å². The Bertz CT molecular complexity index is 430. The van der Waals surface area contributed by atoms with Crippen LogP contribution in [0.1, 0.15) is 30.9 Å². The summed E-state index contributed by atoms with van der Waals surface area (Å²) in [7, 11) is 1.57. The number of benzene rings is 1. The van der Waals surface area contributed by atoms with Crippen LogP contribution < -0.4 is 10.1 Å². The molecule has 2 rings (SSSR count). The lowest BCUT2D eigenvalue weighted by molar-refractivity contribution is -0.149. The Labute approximate surface area is 122 Å². The van der Waals surface area contributed by atoms with Gasteiger partial charge in [-0.1, -0.05) is 12.1 Å². The van der Waals surface area contributed by atoms with Gasteiger partial charge in [0.25, 0.3) is 0 Å². The molecule has 0 amide bonds. The van der Waals surface area contributed by atoms with Crippen LogP contribution in [0.5, 0.6) is 5.75 Å². The third kappa shape index (κ3) is 5.93. The number of hydrogen-bond acceptors (Lipinski definition) is 3. The predicted octanol–water partition coefficient (Wildman–Crippen LogP) is 3.46. The molecule has 0 aromatic heterocycles. The van der Waals surface area contributed by atoms with Gasteiger partial charge in [-0.2, -0.15) is 13.2 Å². The van der Waals surface area contributed by atoms with Gasteiger partial charge in [0, 0.05) is 12.6 Å². The van der Waals surface area contributed by atoms with Crippen molar-refractivity contribution in [2.24, 2.45) is 0 Å². The fourth-order valence-electron chi connectivity index (χ4n) is 1.97. The molecule has 3 nitrogen and oxygen atoms in total. The number of ether oxygens (including phenoxy) is 2. The Morgan fingerprint density at radius 2 is 1.90 bits per heavy atom. The second kappa shape index (κ2) is 7.13. The fourth-order valence-corrected chi connectivity index (χ4v) is 1.97. The van der Waals surface area contributed by atoms with E-state index in [9.17, 15) is 13.2 Å². The van der Waals surface area contributed by atoms with Crippen LogP contribution in [0, 0.1) is 0 Å². The van der Waals surface area contributed by atoms with Crippen molar-refractivity contribution in [2.75, 3.05) is 20.3 Å². The lowest BCUT2D eigenvalue weighted by Gasteiger charge is -2.20. The molecule has 1 aromatic rings. The maximum absolute atomic E-state index is 12.2. The summed E-state index contributed by atoms with van der Waals surface area (Å²) in [6.07, 6.45) is -3.24. The summed E-state index contributed by atoms with van der Waals surface area (Å²) in [5.41, 5.74) is 0.853. The zero-order valence-electron chi connectivity index (χ0n) is 12.0. The number of nitrogens with one attached hydrogen (secondary N) is 1. The van der Waals surface area contributed by atoms with E-state index in [1.165, 1.54) is 0 Å². The van der Waals surface area contributed by atoms with Gasteiger partial charge in [-0.05, 0) is 30.5 Å². The summed E-state index contributed by atoms with van der Waals surface area (Å²) in [6.45, 7) is 0.196. The minimum atomic E-state index is -4.19. The first-order valence-electron chi connectivity index (χ1n) is 7.03. The third-order valence-corrected chi connectivity index (χ3v) is 3.36. The molecule has 0 saturated heterocycles. The van der Waals surface area contributed by atoms with Crippen molar-refractivity contribution in [1.29, 1.82) is 0 Å². The summed E-state index contributed by atoms with van der Waals surface area (Å²) in [5, 5.41) is 3.29. The molecule has 0 bridgehead atoms. The van der Waals surface area contributed by atoms with Crippen molar-refractivity contribution in [3.63, 3.8) is 0 Å². The smallest absolute Gasteiger partial charge is 0.391 e. The van der Waals surface area contributed by atoms with Gasteiger partial charge < -0.3 is 14.8 Å². The van der Waals surface area contributed by atoms with Gasteiger partial charge in [0.1, 0.15) is 5.75 Å². The molecule has 0 heterocycles. The molecule has 1 N–H and O–H groups in total. The first-order chi connectivity index (χ1) is 9.98. The van der Waals surface area contributed by atoms with Crippen LogP contribution in [0.2, 0.25) is 0 Å². The lowest BCUT2D eigenvalue weighted by Crippen LogP contribution is -2.26. The average Bonchev–Trinajstić information content (AvgIpc) is 3.26. The van der Waals surface area contributed by atoms with Crippen LogP contribution in [0.3, 0.4) is 0 Å². The summed E-state index contributed by atoms with van der Waals surface area (Å²) in [6, 6.07) is 7.70. The number of rotatable bonds is 8. The molecule has 6 heteroatoms. The number of hydrogen-bond donors (Lipinski definition) is 1. The third-order valence-electron chi connectivity index (χ3n) is 3.36. The molecule has 1 fully saturated rings. The molecular weight excluding hydrogens is 283 g/mol. The summed E-state index contributed by atoms with van der Waals surface area (Å²) < 4.78 is 47.2. The molecule has 0 radical (unpaired) electrons. The lowest BCUT2D eigenvalue weighted by atomic mass is 10.1. The monoisotopic (exact) mass is 303 g/mol. The minimum absolute atomic E-state index is 0.327. The molecule has 0 aliphatic heterocycles. The summed E-state index contributed by atoms with van der Waals surface area (Å²) in [5.74, 6) is 0.711. The largest absolute Gasteiger partial charge is 0.497 e. The van der Waals surface area contributed by atoms with E-state index >= 15 is 0 Å². The first-order valence-corrected chi connectivity index (χ1v) is 7.03. The van der Waals surface area contributed by atoms with E-state index in [2.05, 4.69) is 5.32 Å². The Balaban J connectivity index is 1.92. The zero-order chi connectivity index (χ0) is 15.3. The van der Waals surface area contributed by atoms with Gasteiger partial charge in [0.15, 0.2) is 0 Å². The van der Waals surface area contributed by atoms with E-state index < -0.39 is 12.6 Å². The van der Waals surface area contributed by atoms with Crippen molar-refractivity contribution in [3.05, 3.63) is 29.8 Å². The Hall–Kier alpha value is -1.27. The van der Waals surface area contributed by atoms with Gasteiger partial charge in [0.05, 0.1) is 26.2 Å². The van der Waals surface area contributed by atoms with E-state index in [1.54, 1.807) is 19.2 Å². The summed E-state index contributed by atoms with van der Waals surface area (Å²) in [4.78, 5) is 0. The van der Waals surface area contributed by atoms with Crippen molar-refractivity contribution in [2.45, 2.75) is 37.6 Å². The zero-order valence-corrected chi connectivity index (χ0v) is 12.0. The van der Waals surface area contributed by atoms with Gasteiger partial charge in [-0.25, -0.2) is 0 Å². The van der Waals surface area contributed by atoms with E-state index in [1.807, 2.05) is 12.1 Å². The predicted molar refractivity (Wildman–Crippen MR) is 73.4 cm³/mol. The molecule has 1 aliphatic carbocycles. The highest BCUT2D eigenvalue weighted by atomic mass is 19.4. The second-order valence-electron chi connectivity index (χ2n) is 5.18. The highest BCUT2D eigenvalue weighted by Gasteiger charge is 2.28. The average molecular weight is 303 g/mol. The van der Waals surface area contributed by atoms with E-state index in [-0.39, 0.29) is 12.7 Å². The van der Waals surface area contributed by atoms with Crippen LogP contribution >= 0.6 is 0 Å². The van der Waals surface area contributed by atoms with Gasteiger partial charge in [-0.15, -0.1) is 0 Å². The maximum atomic E-state index is 12.2. The van der Waals surface area contributed by atoms with Crippen molar-refractivity contribution in [1.82, 2.24) is 5.32 Å². The summed E-state index contributed by atoms with van der Waals surface area (Å²) >= 11 is 0. The Kier molecular flexibility index (Phi) is 5.47. The van der Waals surface area contributed by atoms with E-state index in [0.29, 0.717) is 18.3 Å². The van der Waals surface area contributed by atoms with Crippen LogP contribution in [0.15, 0.2) is 24.3 Å². The molecule has 1 atom stereocenters. The van der Waals surface area contributed by atoms with Gasteiger partial charge >= 0.3 is 6.18 Å². The molecule has 118 valence electrons. The highest BCUT2D eigenvalue weighted by molar-refractivity contribution is 5.28. The number of alkyl halides is 3. The minimum Gasteiger partial charge on any atom is -0.497 e. The number of halogens is 3. The molecule has 21 heavy (non-hydrogen) atoms. The Morgan fingerprint density at radius 3 is 2.43 bits per heavy atom. The maximum Gasteiger partial charge on any atom is 0.391 e. The van der Waals surface area contributed by atoms with Crippen molar-refractivity contribution in [3.8, 4) is 5.75 Å². The quantitative estimate of drug-likeness (QED) is 0.798. The van der Waals surface area contributed by atoms with Crippen LogP contribution in [0.4, 0.5) is 13.2 Å². The van der Waals surface area contributed by atoms with E-state index in [0.717, 1.165) is 18.4 Å². The van der Waals surface area contributed by atoms with Crippen molar-refractivity contribution >= 4 is 0 Å². The molecule has 1 aromatic carbocycles. The Morgan fingerprint density at radius 1 is 1.24 bits per heavy atom. The van der Waals surface area contributed by atoms with Gasteiger partial charge in [0.2, 0.25) is 0 Å². The number of methoxy groups -OCH3 is 1. The SMILES string of the molecule is COc1ccc(C(CNC2CC2)OCCC(F)(F)F)cc1. The highest BCUT2D eigenvalue weighted by Crippen LogP contribution is 2.25. The van der Waals surface area contributed by atoms with Crippen LogP contribution in [-0.4, -0.2) is 32.5 Å². The fraction of sp³-hybridized carbons (Fsp3) is 0.600. The molecule has 1 unspecified atom stereocenters. The van der Waals surface area contributed by atoms with Crippen LogP contribution in [-0.2, 0) is 4.74 Å². The molecule has 1 saturated carbocycles. The second-order valence-corrected chi connectivity index (χ2v) is 5.18. The molecule has 1 aliphatic rings. The van der Waals surface area contributed by atoms with Crippen molar-refractivity contribution < 1.29 is 22.6 Å². The van der Waals surface area contributed by atoms with Crippen LogP contribution in [0.25, 0.3) is 0 Å². The molecule has 0 spiro atoms. The standard InChI is InChI=1S/C15H20F3NO2/c1-20-13-6-2-11(3-7-13)14(10-19-12-4-5-12)21-9-8-15(16,17)18/h2-3,6-7,12,14,19H,4-5,8-10H2,1H3. The first kappa shape index (κ1) is 16.1. The topological polar surface area (TPSA) is 30.5 Å².